The average Bonchev–Trinajstić information content (AvgIpc) is 2.14. The Bertz CT molecular complexity index is 425. The second-order valence-corrected chi connectivity index (χ2v) is 4.18. The first-order chi connectivity index (χ1) is 6.54. The third kappa shape index (κ3) is 2.86. The van der Waals surface area contributed by atoms with Gasteiger partial charge in [-0.05, 0) is 12.1 Å². The van der Waals surface area contributed by atoms with E-state index in [4.69, 9.17) is 9.88 Å². The summed E-state index contributed by atoms with van der Waals surface area (Å²) < 4.78 is 27.1. The topological polar surface area (TPSA) is 69.4 Å². The molecule has 0 radical (unpaired) electrons. The van der Waals surface area contributed by atoms with Crippen LogP contribution in [0.3, 0.4) is 0 Å². The van der Waals surface area contributed by atoms with Gasteiger partial charge in [0.05, 0.1) is 4.90 Å². The Morgan fingerprint density at radius 3 is 2.79 bits per heavy atom. The van der Waals surface area contributed by atoms with E-state index in [0.29, 0.717) is 12.4 Å². The lowest BCUT2D eigenvalue weighted by molar-refractivity contribution is 0.362. The third-order valence-electron chi connectivity index (χ3n) is 1.50. The van der Waals surface area contributed by atoms with Crippen molar-refractivity contribution in [3.8, 4) is 5.75 Å². The van der Waals surface area contributed by atoms with Crippen molar-refractivity contribution in [1.82, 2.24) is 0 Å². The van der Waals surface area contributed by atoms with Crippen LogP contribution in [0.1, 0.15) is 0 Å². The highest BCUT2D eigenvalue weighted by molar-refractivity contribution is 7.89. The lowest BCUT2D eigenvalue weighted by Crippen LogP contribution is -2.12. The molecule has 0 amide bonds. The zero-order valence-corrected chi connectivity index (χ0v) is 8.33. The second kappa shape index (κ2) is 4.26. The molecule has 4 nitrogen and oxygen atoms in total. The summed E-state index contributed by atoms with van der Waals surface area (Å²) in [4.78, 5) is 0.0408. The minimum atomic E-state index is -3.66. The van der Waals surface area contributed by atoms with Crippen molar-refractivity contribution in [2.45, 2.75) is 4.90 Å². The molecule has 5 heteroatoms. The number of primary sulfonamides is 1. The van der Waals surface area contributed by atoms with E-state index in [1.807, 2.05) is 0 Å². The smallest absolute Gasteiger partial charge is 0.238 e. The molecule has 0 fully saturated rings. The molecule has 0 aliphatic heterocycles. The average molecular weight is 213 g/mol. The first kappa shape index (κ1) is 10.7. The van der Waals surface area contributed by atoms with E-state index in [-0.39, 0.29) is 4.90 Å². The van der Waals surface area contributed by atoms with Gasteiger partial charge in [-0.1, -0.05) is 18.7 Å². The molecule has 0 bridgehead atoms. The molecule has 0 aliphatic rings. The standard InChI is InChI=1S/C9H11NO3S/c1-2-6-13-8-4-3-5-9(7-8)14(10,11)12/h2-5,7H,1,6H2,(H2,10,11,12). The monoisotopic (exact) mass is 213 g/mol. The number of nitrogens with two attached hydrogens (primary N) is 1. The Kier molecular flexibility index (Phi) is 3.27. The number of benzene rings is 1. The number of rotatable bonds is 4. The lowest BCUT2D eigenvalue weighted by atomic mass is 10.3. The summed E-state index contributed by atoms with van der Waals surface area (Å²) in [7, 11) is -3.66. The van der Waals surface area contributed by atoms with Gasteiger partial charge < -0.3 is 4.74 Å². The summed E-state index contributed by atoms with van der Waals surface area (Å²) in [6.45, 7) is 3.81. The van der Waals surface area contributed by atoms with Gasteiger partial charge in [0.1, 0.15) is 12.4 Å². The van der Waals surface area contributed by atoms with Crippen LogP contribution in [0.4, 0.5) is 0 Å². The predicted octanol–water partition coefficient (Wildman–Crippen LogP) is 0.899. The molecular formula is C9H11NO3S. The van der Waals surface area contributed by atoms with Gasteiger partial charge in [-0.3, -0.25) is 0 Å². The third-order valence-corrected chi connectivity index (χ3v) is 2.41. The summed E-state index contributed by atoms with van der Waals surface area (Å²) in [5, 5.41) is 4.95. The van der Waals surface area contributed by atoms with Crippen LogP contribution in [0.25, 0.3) is 0 Å². The molecular weight excluding hydrogens is 202 g/mol. The summed E-state index contributed by atoms with van der Waals surface area (Å²) in [6, 6.07) is 6.01. The molecule has 14 heavy (non-hydrogen) atoms. The van der Waals surface area contributed by atoms with Crippen LogP contribution in [0, 0.1) is 0 Å². The van der Waals surface area contributed by atoms with Crippen molar-refractivity contribution in [3.05, 3.63) is 36.9 Å². The Morgan fingerprint density at radius 2 is 2.21 bits per heavy atom. The second-order valence-electron chi connectivity index (χ2n) is 2.62. The molecule has 0 heterocycles. The SMILES string of the molecule is C=CCOc1cccc(S(N)(=O)=O)c1. The van der Waals surface area contributed by atoms with Crippen LogP contribution in [-0.4, -0.2) is 15.0 Å². The first-order valence-corrected chi connectivity index (χ1v) is 5.45. The maximum Gasteiger partial charge on any atom is 0.238 e. The van der Waals surface area contributed by atoms with Crippen LogP contribution < -0.4 is 9.88 Å². The van der Waals surface area contributed by atoms with Crippen molar-refractivity contribution >= 4 is 10.0 Å². The van der Waals surface area contributed by atoms with E-state index in [1.165, 1.54) is 12.1 Å². The summed E-state index contributed by atoms with van der Waals surface area (Å²) in [5.74, 6) is 0.455. The van der Waals surface area contributed by atoms with Crippen molar-refractivity contribution in [3.63, 3.8) is 0 Å². The summed E-state index contributed by atoms with van der Waals surface area (Å²) >= 11 is 0. The highest BCUT2D eigenvalue weighted by Crippen LogP contribution is 2.15. The fraction of sp³-hybridized carbons (Fsp3) is 0.111. The van der Waals surface area contributed by atoms with Crippen molar-refractivity contribution in [2.24, 2.45) is 5.14 Å². The van der Waals surface area contributed by atoms with Crippen LogP contribution in [0.5, 0.6) is 5.75 Å². The van der Waals surface area contributed by atoms with Crippen LogP contribution in [0.15, 0.2) is 41.8 Å². The van der Waals surface area contributed by atoms with Crippen molar-refractivity contribution in [1.29, 1.82) is 0 Å². The fourth-order valence-electron chi connectivity index (χ4n) is 0.896. The van der Waals surface area contributed by atoms with Crippen molar-refractivity contribution in [2.75, 3.05) is 6.61 Å². The molecule has 0 aliphatic carbocycles. The van der Waals surface area contributed by atoms with Crippen molar-refractivity contribution < 1.29 is 13.2 Å². The van der Waals surface area contributed by atoms with Gasteiger partial charge in [-0.2, -0.15) is 0 Å². The number of sulfonamides is 1. The normalized spacial score (nSPS) is 10.9. The van der Waals surface area contributed by atoms with Gasteiger partial charge >= 0.3 is 0 Å². The summed E-state index contributed by atoms with van der Waals surface area (Å²) in [6.07, 6.45) is 1.57. The Hall–Kier alpha value is -1.33. The predicted molar refractivity (Wildman–Crippen MR) is 53.5 cm³/mol. The molecule has 0 spiro atoms. The molecule has 0 atom stereocenters. The van der Waals surface area contributed by atoms with Crippen LogP contribution in [-0.2, 0) is 10.0 Å². The molecule has 0 aromatic heterocycles. The minimum Gasteiger partial charge on any atom is -0.490 e. The Labute approximate surface area is 83.1 Å². The van der Waals surface area contributed by atoms with Gasteiger partial charge in [-0.25, -0.2) is 13.6 Å². The Morgan fingerprint density at radius 1 is 1.50 bits per heavy atom. The molecule has 2 N–H and O–H groups in total. The van der Waals surface area contributed by atoms with E-state index >= 15 is 0 Å². The maximum absolute atomic E-state index is 11.0. The lowest BCUT2D eigenvalue weighted by Gasteiger charge is -2.04. The zero-order chi connectivity index (χ0) is 10.6. The number of ether oxygens (including phenoxy) is 1. The quantitative estimate of drug-likeness (QED) is 0.755. The molecule has 76 valence electrons. The first-order valence-electron chi connectivity index (χ1n) is 3.90. The van der Waals surface area contributed by atoms with E-state index in [1.54, 1.807) is 18.2 Å². The van der Waals surface area contributed by atoms with Crippen LogP contribution >= 0.6 is 0 Å². The fourth-order valence-corrected chi connectivity index (χ4v) is 1.44. The maximum atomic E-state index is 11.0. The van der Waals surface area contributed by atoms with E-state index in [0.717, 1.165) is 0 Å². The largest absolute Gasteiger partial charge is 0.490 e. The molecule has 0 saturated carbocycles. The highest BCUT2D eigenvalue weighted by atomic mass is 32.2. The van der Waals surface area contributed by atoms with E-state index in [9.17, 15) is 8.42 Å². The molecule has 1 aromatic carbocycles. The zero-order valence-electron chi connectivity index (χ0n) is 7.51. The molecule has 0 unspecified atom stereocenters. The highest BCUT2D eigenvalue weighted by Gasteiger charge is 2.07. The number of hydrogen-bond donors (Lipinski definition) is 1. The minimum absolute atomic E-state index is 0.0408. The molecule has 0 saturated heterocycles. The van der Waals surface area contributed by atoms with Gasteiger partial charge in [0.25, 0.3) is 0 Å². The van der Waals surface area contributed by atoms with E-state index in [2.05, 4.69) is 6.58 Å². The van der Waals surface area contributed by atoms with Gasteiger partial charge in [-0.15, -0.1) is 0 Å². The van der Waals surface area contributed by atoms with E-state index < -0.39 is 10.0 Å². The number of hydrogen-bond acceptors (Lipinski definition) is 3. The summed E-state index contributed by atoms with van der Waals surface area (Å²) in [5.41, 5.74) is 0. The van der Waals surface area contributed by atoms with Crippen LogP contribution in [0.2, 0.25) is 0 Å². The van der Waals surface area contributed by atoms with Gasteiger partial charge in [0.2, 0.25) is 10.0 Å². The van der Waals surface area contributed by atoms with Gasteiger partial charge in [0.15, 0.2) is 0 Å². The molecule has 1 aromatic rings. The Balaban J connectivity index is 2.95. The van der Waals surface area contributed by atoms with Gasteiger partial charge in [0, 0.05) is 6.07 Å². The molecule has 1 rings (SSSR count).